The van der Waals surface area contributed by atoms with Gasteiger partial charge in [0, 0.05) is 18.0 Å². The van der Waals surface area contributed by atoms with Crippen LogP contribution in [0.1, 0.15) is 19.4 Å². The first kappa shape index (κ1) is 17.4. The van der Waals surface area contributed by atoms with E-state index in [0.29, 0.717) is 12.4 Å². The molecule has 0 aliphatic carbocycles. The third-order valence-corrected chi connectivity index (χ3v) is 5.58. The molecule has 0 bridgehead atoms. The summed E-state index contributed by atoms with van der Waals surface area (Å²) in [5.41, 5.74) is 7.11. The number of likely N-dealkylation sites (N-methyl/N-ethyl adjacent to an activating group) is 1. The highest BCUT2D eigenvalue weighted by atomic mass is 16.5. The van der Waals surface area contributed by atoms with E-state index in [-0.39, 0.29) is 11.9 Å². The summed E-state index contributed by atoms with van der Waals surface area (Å²) in [5, 5.41) is 0. The third-order valence-electron chi connectivity index (χ3n) is 5.58. The van der Waals surface area contributed by atoms with Crippen molar-refractivity contribution in [2.75, 3.05) is 20.8 Å². The molecule has 1 unspecified atom stereocenters. The van der Waals surface area contributed by atoms with E-state index in [1.54, 1.807) is 14.2 Å². The highest BCUT2D eigenvalue weighted by Gasteiger charge is 2.61. The van der Waals surface area contributed by atoms with Gasteiger partial charge in [0.25, 0.3) is 5.91 Å². The number of methoxy groups -OCH3 is 1. The molecule has 2 heterocycles. The highest BCUT2D eigenvalue weighted by Crippen LogP contribution is 2.53. The molecular formula is C21H23N3O3. The summed E-state index contributed by atoms with van der Waals surface area (Å²) < 4.78 is 11.3. The van der Waals surface area contributed by atoms with Crippen LogP contribution in [0.25, 0.3) is 11.1 Å². The number of nitrogens with zero attached hydrogens (tertiary/aromatic N) is 2. The normalized spacial score (nSPS) is 23.0. The lowest BCUT2D eigenvalue weighted by Crippen LogP contribution is -2.53. The summed E-state index contributed by atoms with van der Waals surface area (Å²) in [6.45, 7) is 4.36. The molecule has 6 heteroatoms. The molecule has 4 rings (SSSR count). The van der Waals surface area contributed by atoms with Crippen LogP contribution in [0.5, 0.6) is 11.5 Å². The number of carbonyl (C=O) groups excluding carboxylic acids is 1. The minimum Gasteiger partial charge on any atom is -0.497 e. The number of amides is 1. The maximum absolute atomic E-state index is 13.3. The first-order chi connectivity index (χ1) is 12.8. The van der Waals surface area contributed by atoms with E-state index in [1.165, 1.54) is 4.90 Å². The topological polar surface area (TPSA) is 77.2 Å². The van der Waals surface area contributed by atoms with Gasteiger partial charge in [0.15, 0.2) is 11.5 Å². The predicted octanol–water partition coefficient (Wildman–Crippen LogP) is 2.76. The van der Waals surface area contributed by atoms with Crippen LogP contribution in [0, 0.1) is 5.41 Å². The van der Waals surface area contributed by atoms with Gasteiger partial charge in [-0.1, -0.05) is 32.0 Å². The van der Waals surface area contributed by atoms with E-state index < -0.39 is 11.0 Å². The Morgan fingerprint density at radius 2 is 1.93 bits per heavy atom. The molecule has 2 aliphatic heterocycles. The van der Waals surface area contributed by atoms with E-state index in [1.807, 2.05) is 56.3 Å². The van der Waals surface area contributed by atoms with E-state index in [0.717, 1.165) is 22.4 Å². The number of rotatable bonds is 2. The summed E-state index contributed by atoms with van der Waals surface area (Å²) in [6, 6.07) is 13.7. The summed E-state index contributed by atoms with van der Waals surface area (Å²) in [7, 11) is 3.30. The van der Waals surface area contributed by atoms with Crippen molar-refractivity contribution >= 4 is 11.9 Å². The van der Waals surface area contributed by atoms with E-state index >= 15 is 0 Å². The zero-order valence-electron chi connectivity index (χ0n) is 15.9. The first-order valence-electron chi connectivity index (χ1n) is 8.85. The smallest absolute Gasteiger partial charge is 0.262 e. The number of hydrogen-bond donors (Lipinski definition) is 1. The molecular weight excluding hydrogens is 342 g/mol. The van der Waals surface area contributed by atoms with E-state index in [2.05, 4.69) is 4.99 Å². The first-order valence-corrected chi connectivity index (χ1v) is 8.85. The van der Waals surface area contributed by atoms with Crippen LogP contribution in [0.15, 0.2) is 47.5 Å². The third kappa shape index (κ3) is 2.32. The van der Waals surface area contributed by atoms with Crippen molar-refractivity contribution in [2.24, 2.45) is 16.1 Å². The van der Waals surface area contributed by atoms with Crippen LogP contribution >= 0.6 is 0 Å². The standard InChI is InChI=1S/C21H23N3O3/c1-20(2)12-27-17-9-8-14(13-6-5-7-15(10-13)26-4)11-16(17)21(20)18(25)24(3)19(22)23-21/h5-11H,12H2,1-4H3,(H2,22,23). The highest BCUT2D eigenvalue weighted by molar-refractivity contribution is 6.08. The molecule has 0 aromatic heterocycles. The Morgan fingerprint density at radius 3 is 2.59 bits per heavy atom. The number of guanidine groups is 1. The number of benzene rings is 2. The predicted molar refractivity (Wildman–Crippen MR) is 104 cm³/mol. The number of carbonyl (C=O) groups is 1. The van der Waals surface area contributed by atoms with Gasteiger partial charge < -0.3 is 15.2 Å². The van der Waals surface area contributed by atoms with Crippen LogP contribution < -0.4 is 15.2 Å². The Labute approximate surface area is 158 Å². The van der Waals surface area contributed by atoms with Gasteiger partial charge in [-0.2, -0.15) is 0 Å². The van der Waals surface area contributed by atoms with Gasteiger partial charge in [0.2, 0.25) is 0 Å². The van der Waals surface area contributed by atoms with Crippen molar-refractivity contribution < 1.29 is 14.3 Å². The zero-order chi connectivity index (χ0) is 19.4. The molecule has 2 aromatic carbocycles. The Bertz CT molecular complexity index is 967. The molecule has 0 saturated carbocycles. The lowest BCUT2D eigenvalue weighted by Gasteiger charge is -2.44. The Kier molecular flexibility index (Phi) is 3.70. The van der Waals surface area contributed by atoms with Crippen molar-refractivity contribution in [2.45, 2.75) is 19.4 Å². The lowest BCUT2D eigenvalue weighted by molar-refractivity contribution is -0.137. The molecule has 140 valence electrons. The summed E-state index contributed by atoms with van der Waals surface area (Å²) in [4.78, 5) is 19.4. The monoisotopic (exact) mass is 365 g/mol. The molecule has 6 nitrogen and oxygen atoms in total. The molecule has 1 amide bonds. The summed E-state index contributed by atoms with van der Waals surface area (Å²) in [6.07, 6.45) is 0. The molecule has 2 N–H and O–H groups in total. The lowest BCUT2D eigenvalue weighted by atomic mass is 9.66. The quantitative estimate of drug-likeness (QED) is 0.888. The van der Waals surface area contributed by atoms with Crippen LogP contribution in [0.3, 0.4) is 0 Å². The van der Waals surface area contributed by atoms with E-state index in [4.69, 9.17) is 15.2 Å². The van der Waals surface area contributed by atoms with Crippen molar-refractivity contribution in [3.8, 4) is 22.6 Å². The Morgan fingerprint density at radius 1 is 1.19 bits per heavy atom. The molecule has 0 radical (unpaired) electrons. The van der Waals surface area contributed by atoms with Gasteiger partial charge in [-0.3, -0.25) is 9.69 Å². The van der Waals surface area contributed by atoms with Crippen molar-refractivity contribution in [1.29, 1.82) is 0 Å². The maximum Gasteiger partial charge on any atom is 0.262 e. The molecule has 1 atom stereocenters. The Hall–Kier alpha value is -3.02. The average molecular weight is 365 g/mol. The summed E-state index contributed by atoms with van der Waals surface area (Å²) >= 11 is 0. The van der Waals surface area contributed by atoms with Gasteiger partial charge in [-0.25, -0.2) is 4.99 Å². The van der Waals surface area contributed by atoms with Gasteiger partial charge in [0.1, 0.15) is 11.5 Å². The van der Waals surface area contributed by atoms with Gasteiger partial charge in [-0.05, 0) is 35.4 Å². The fourth-order valence-corrected chi connectivity index (χ4v) is 3.91. The van der Waals surface area contributed by atoms with Crippen LogP contribution in [0.2, 0.25) is 0 Å². The Balaban J connectivity index is 1.94. The van der Waals surface area contributed by atoms with Crippen LogP contribution in [-0.2, 0) is 10.3 Å². The number of aliphatic imine (C=N–C) groups is 1. The summed E-state index contributed by atoms with van der Waals surface area (Å²) in [5.74, 6) is 1.54. The van der Waals surface area contributed by atoms with Crippen molar-refractivity contribution in [3.63, 3.8) is 0 Å². The number of ether oxygens (including phenoxy) is 2. The van der Waals surface area contributed by atoms with Gasteiger partial charge in [-0.15, -0.1) is 0 Å². The van der Waals surface area contributed by atoms with Crippen molar-refractivity contribution in [1.82, 2.24) is 4.90 Å². The second kappa shape index (κ2) is 5.74. The van der Waals surface area contributed by atoms with Crippen LogP contribution in [-0.4, -0.2) is 37.5 Å². The SMILES string of the molecule is COc1cccc(-c2ccc3c(c2)C2(N=C(N)N(C)C2=O)C(C)(C)CO3)c1. The minimum atomic E-state index is -1.09. The average Bonchev–Trinajstić information content (AvgIpc) is 2.90. The van der Waals surface area contributed by atoms with Gasteiger partial charge >= 0.3 is 0 Å². The number of hydrogen-bond acceptors (Lipinski definition) is 5. The molecule has 27 heavy (non-hydrogen) atoms. The molecule has 0 saturated heterocycles. The maximum atomic E-state index is 13.3. The largest absolute Gasteiger partial charge is 0.497 e. The fraction of sp³-hybridized carbons (Fsp3) is 0.333. The van der Waals surface area contributed by atoms with Gasteiger partial charge in [0.05, 0.1) is 13.7 Å². The molecule has 1 spiro atoms. The minimum absolute atomic E-state index is 0.127. The zero-order valence-corrected chi connectivity index (χ0v) is 15.9. The number of nitrogens with two attached hydrogens (primary N) is 1. The number of fused-ring (bicyclic) bond motifs is 2. The van der Waals surface area contributed by atoms with E-state index in [9.17, 15) is 4.79 Å². The fourth-order valence-electron chi connectivity index (χ4n) is 3.91. The molecule has 0 fully saturated rings. The van der Waals surface area contributed by atoms with Crippen LogP contribution in [0.4, 0.5) is 0 Å². The second-order valence-electron chi connectivity index (χ2n) is 7.66. The van der Waals surface area contributed by atoms with Crippen molar-refractivity contribution in [3.05, 3.63) is 48.0 Å². The molecule has 2 aliphatic rings. The second-order valence-corrected chi connectivity index (χ2v) is 7.66. The molecule has 2 aromatic rings.